The van der Waals surface area contributed by atoms with E-state index in [1.54, 1.807) is 12.4 Å². The highest BCUT2D eigenvalue weighted by molar-refractivity contribution is 5.94. The Morgan fingerprint density at radius 1 is 1.22 bits per heavy atom. The van der Waals surface area contributed by atoms with Gasteiger partial charge in [-0.1, -0.05) is 37.3 Å². The first kappa shape index (κ1) is 17.0. The number of pyridine rings is 1. The smallest absolute Gasteiger partial charge is 0.256 e. The van der Waals surface area contributed by atoms with Crippen LogP contribution in [0.1, 0.15) is 43.1 Å². The number of rotatable bonds is 7. The molecule has 1 heterocycles. The number of benzene rings is 1. The van der Waals surface area contributed by atoms with E-state index in [1.807, 2.05) is 55.1 Å². The molecule has 0 unspecified atom stereocenters. The normalized spacial score (nSPS) is 10.6. The summed E-state index contributed by atoms with van der Waals surface area (Å²) in [5.74, 6) is 0.0106. The molecule has 0 fully saturated rings. The maximum absolute atomic E-state index is 12.9. The quantitative estimate of drug-likeness (QED) is 0.842. The van der Waals surface area contributed by atoms with Gasteiger partial charge in [0, 0.05) is 31.5 Å². The van der Waals surface area contributed by atoms with Crippen molar-refractivity contribution < 1.29 is 4.79 Å². The molecule has 1 N–H and O–H groups in total. The molecule has 0 spiro atoms. The van der Waals surface area contributed by atoms with E-state index in [2.05, 4.69) is 17.2 Å². The molecule has 1 aromatic carbocycles. The minimum absolute atomic E-state index is 0.0106. The van der Waals surface area contributed by atoms with Gasteiger partial charge in [0.05, 0.1) is 11.3 Å². The van der Waals surface area contributed by atoms with Crippen molar-refractivity contribution in [1.82, 2.24) is 9.88 Å². The Kier molecular flexibility index (Phi) is 6.15. The van der Waals surface area contributed by atoms with Crippen LogP contribution in [0, 0.1) is 0 Å². The van der Waals surface area contributed by atoms with Crippen LogP contribution < -0.4 is 5.32 Å². The van der Waals surface area contributed by atoms with E-state index in [0.29, 0.717) is 12.1 Å². The summed E-state index contributed by atoms with van der Waals surface area (Å²) in [6, 6.07) is 12.1. The number of carbonyl (C=O) groups is 1. The molecule has 0 bridgehead atoms. The Hall–Kier alpha value is -2.36. The van der Waals surface area contributed by atoms with Gasteiger partial charge in [-0.15, -0.1) is 0 Å². The van der Waals surface area contributed by atoms with Crippen molar-refractivity contribution >= 4 is 11.6 Å². The third-order valence-corrected chi connectivity index (χ3v) is 3.64. The molecule has 4 nitrogen and oxygen atoms in total. The number of amides is 1. The molecule has 0 saturated carbocycles. The minimum atomic E-state index is 0.0106. The monoisotopic (exact) mass is 311 g/mol. The topological polar surface area (TPSA) is 45.2 Å². The summed E-state index contributed by atoms with van der Waals surface area (Å²) in [5.41, 5.74) is 2.64. The van der Waals surface area contributed by atoms with Gasteiger partial charge in [-0.25, -0.2) is 0 Å². The third kappa shape index (κ3) is 4.81. The first-order chi connectivity index (χ1) is 11.1. The van der Waals surface area contributed by atoms with Gasteiger partial charge in [0.15, 0.2) is 0 Å². The highest BCUT2D eigenvalue weighted by Crippen LogP contribution is 2.15. The van der Waals surface area contributed by atoms with E-state index in [-0.39, 0.29) is 11.9 Å². The molecular weight excluding hydrogens is 286 g/mol. The molecule has 0 aliphatic rings. The third-order valence-electron chi connectivity index (χ3n) is 3.64. The summed E-state index contributed by atoms with van der Waals surface area (Å²) in [7, 11) is 0. The van der Waals surface area contributed by atoms with E-state index in [1.165, 1.54) is 0 Å². The fourth-order valence-electron chi connectivity index (χ4n) is 2.36. The van der Waals surface area contributed by atoms with E-state index in [0.717, 1.165) is 24.2 Å². The molecule has 23 heavy (non-hydrogen) atoms. The zero-order valence-corrected chi connectivity index (χ0v) is 14.1. The van der Waals surface area contributed by atoms with Crippen molar-refractivity contribution in [3.63, 3.8) is 0 Å². The van der Waals surface area contributed by atoms with Crippen molar-refractivity contribution in [2.45, 2.75) is 39.8 Å². The van der Waals surface area contributed by atoms with Crippen LogP contribution >= 0.6 is 0 Å². The molecule has 0 aliphatic heterocycles. The fraction of sp³-hybridized carbons (Fsp3) is 0.368. The van der Waals surface area contributed by atoms with Crippen molar-refractivity contribution in [2.24, 2.45) is 0 Å². The second kappa shape index (κ2) is 8.32. The zero-order chi connectivity index (χ0) is 16.7. The predicted octanol–water partition coefficient (Wildman–Crippen LogP) is 3.95. The summed E-state index contributed by atoms with van der Waals surface area (Å²) in [5, 5.41) is 3.27. The fourth-order valence-corrected chi connectivity index (χ4v) is 2.36. The van der Waals surface area contributed by atoms with Crippen LogP contribution in [-0.4, -0.2) is 28.4 Å². The molecule has 4 heteroatoms. The van der Waals surface area contributed by atoms with Crippen LogP contribution in [0.5, 0.6) is 0 Å². The van der Waals surface area contributed by atoms with Gasteiger partial charge in [-0.05, 0) is 31.9 Å². The second-order valence-electron chi connectivity index (χ2n) is 5.90. The first-order valence-corrected chi connectivity index (χ1v) is 8.15. The van der Waals surface area contributed by atoms with Crippen molar-refractivity contribution in [2.75, 3.05) is 11.9 Å². The standard InChI is InChI=1S/C19H25N3O/c1-4-10-21-18-11-17(12-20-13-18)19(23)22(15(2)3)14-16-8-6-5-7-9-16/h5-9,11-13,15,21H,4,10,14H2,1-3H3. The molecule has 1 amide bonds. The lowest BCUT2D eigenvalue weighted by Gasteiger charge is -2.27. The highest BCUT2D eigenvalue weighted by atomic mass is 16.2. The highest BCUT2D eigenvalue weighted by Gasteiger charge is 2.19. The Bertz CT molecular complexity index is 626. The van der Waals surface area contributed by atoms with E-state index < -0.39 is 0 Å². The molecular formula is C19H25N3O. The van der Waals surface area contributed by atoms with Gasteiger partial charge >= 0.3 is 0 Å². The maximum Gasteiger partial charge on any atom is 0.256 e. The van der Waals surface area contributed by atoms with Gasteiger partial charge in [0.2, 0.25) is 0 Å². The van der Waals surface area contributed by atoms with Crippen molar-refractivity contribution in [3.05, 3.63) is 59.9 Å². The average molecular weight is 311 g/mol. The Balaban J connectivity index is 2.17. The summed E-state index contributed by atoms with van der Waals surface area (Å²) in [6.07, 6.45) is 4.42. The second-order valence-corrected chi connectivity index (χ2v) is 5.90. The number of hydrogen-bond acceptors (Lipinski definition) is 3. The number of nitrogens with one attached hydrogen (secondary N) is 1. The van der Waals surface area contributed by atoms with Crippen LogP contribution in [0.15, 0.2) is 48.8 Å². The molecule has 2 rings (SSSR count). The van der Waals surface area contributed by atoms with Gasteiger partial charge in [0.1, 0.15) is 0 Å². The number of carbonyl (C=O) groups excluding carboxylic acids is 1. The van der Waals surface area contributed by atoms with Crippen LogP contribution in [0.4, 0.5) is 5.69 Å². The Morgan fingerprint density at radius 3 is 2.61 bits per heavy atom. The average Bonchev–Trinajstić information content (AvgIpc) is 2.58. The van der Waals surface area contributed by atoms with Crippen LogP contribution in [-0.2, 0) is 6.54 Å². The van der Waals surface area contributed by atoms with Crippen molar-refractivity contribution in [1.29, 1.82) is 0 Å². The molecule has 0 saturated heterocycles. The van der Waals surface area contributed by atoms with Gasteiger partial charge < -0.3 is 10.2 Å². The molecule has 2 aromatic rings. The van der Waals surface area contributed by atoms with Crippen LogP contribution in [0.3, 0.4) is 0 Å². The zero-order valence-electron chi connectivity index (χ0n) is 14.1. The Labute approximate surface area is 138 Å². The predicted molar refractivity (Wildman–Crippen MR) is 94.5 cm³/mol. The van der Waals surface area contributed by atoms with Gasteiger partial charge in [0.25, 0.3) is 5.91 Å². The van der Waals surface area contributed by atoms with Gasteiger partial charge in [-0.3, -0.25) is 9.78 Å². The summed E-state index contributed by atoms with van der Waals surface area (Å²) >= 11 is 0. The minimum Gasteiger partial charge on any atom is -0.384 e. The van der Waals surface area contributed by atoms with E-state index >= 15 is 0 Å². The lowest BCUT2D eigenvalue weighted by Crippen LogP contribution is -2.36. The lowest BCUT2D eigenvalue weighted by molar-refractivity contribution is 0.0690. The molecule has 1 aromatic heterocycles. The SMILES string of the molecule is CCCNc1cncc(C(=O)N(Cc2ccccc2)C(C)C)c1. The number of hydrogen-bond donors (Lipinski definition) is 1. The first-order valence-electron chi connectivity index (χ1n) is 8.15. The number of nitrogens with zero attached hydrogens (tertiary/aromatic N) is 2. The number of anilines is 1. The molecule has 122 valence electrons. The van der Waals surface area contributed by atoms with E-state index in [9.17, 15) is 4.79 Å². The summed E-state index contributed by atoms with van der Waals surface area (Å²) in [6.45, 7) is 7.65. The summed E-state index contributed by atoms with van der Waals surface area (Å²) < 4.78 is 0. The van der Waals surface area contributed by atoms with E-state index in [4.69, 9.17) is 0 Å². The lowest BCUT2D eigenvalue weighted by atomic mass is 10.1. The largest absolute Gasteiger partial charge is 0.384 e. The number of aromatic nitrogens is 1. The van der Waals surface area contributed by atoms with Crippen molar-refractivity contribution in [3.8, 4) is 0 Å². The van der Waals surface area contributed by atoms with Crippen LogP contribution in [0.25, 0.3) is 0 Å². The maximum atomic E-state index is 12.9. The molecule has 0 atom stereocenters. The van der Waals surface area contributed by atoms with Gasteiger partial charge in [-0.2, -0.15) is 0 Å². The summed E-state index contributed by atoms with van der Waals surface area (Å²) in [4.78, 5) is 18.9. The Morgan fingerprint density at radius 2 is 1.96 bits per heavy atom. The molecule has 0 radical (unpaired) electrons. The van der Waals surface area contributed by atoms with Crippen LogP contribution in [0.2, 0.25) is 0 Å². The molecule has 0 aliphatic carbocycles.